The molecule has 0 fully saturated rings. The molecule has 4 atom stereocenters. The second kappa shape index (κ2) is 11.4. The Morgan fingerprint density at radius 1 is 1.44 bits per heavy atom. The molecule has 1 amide bonds. The summed E-state index contributed by atoms with van der Waals surface area (Å²) in [6.07, 6.45) is 0.351. The molecule has 0 aromatic rings. The maximum Gasteiger partial charge on any atom is 0.238 e. The zero-order valence-corrected chi connectivity index (χ0v) is 14.3. The fraction of sp³-hybridized carbons (Fsp3) is 0.900. The fourth-order valence-corrected chi connectivity index (χ4v) is 3.64. The first-order valence-electron chi connectivity index (χ1n) is 5.69. The van der Waals surface area contributed by atoms with Gasteiger partial charge in [-0.3, -0.25) is 4.79 Å². The molecule has 4 unspecified atom stereocenters. The molecule has 0 saturated carbocycles. The van der Waals surface area contributed by atoms with Gasteiger partial charge in [-0.2, -0.15) is 0 Å². The van der Waals surface area contributed by atoms with Gasteiger partial charge in [0.25, 0.3) is 0 Å². The first-order chi connectivity index (χ1) is 8.58. The highest BCUT2D eigenvalue weighted by molar-refractivity contribution is 8.64. The Morgan fingerprint density at radius 3 is 2.50 bits per heavy atom. The van der Waals surface area contributed by atoms with E-state index in [4.69, 9.17) is 9.47 Å². The standard InChI is InChI=1S/C10H24N2O3P2S/c1-7(5-9(14-3)15-4)12-10(13)8(11-2)6-18-17-16/h7-9,11,17H,5-6,16H2,1-4H3,(H,12,13). The Morgan fingerprint density at radius 2 is 2.06 bits per heavy atom. The normalized spacial score (nSPS) is 15.2. The molecule has 5 nitrogen and oxygen atoms in total. The van der Waals surface area contributed by atoms with Crippen molar-refractivity contribution in [2.24, 2.45) is 0 Å². The number of amides is 1. The van der Waals surface area contributed by atoms with Gasteiger partial charge in [-0.15, -0.1) is 20.3 Å². The van der Waals surface area contributed by atoms with E-state index >= 15 is 0 Å². The molecule has 0 bridgehead atoms. The fourth-order valence-electron chi connectivity index (χ4n) is 1.40. The van der Waals surface area contributed by atoms with Crippen LogP contribution >= 0.6 is 27.8 Å². The van der Waals surface area contributed by atoms with Gasteiger partial charge in [-0.05, 0) is 21.4 Å². The van der Waals surface area contributed by atoms with Crippen LogP contribution in [0.2, 0.25) is 0 Å². The number of ether oxygens (including phenoxy) is 2. The van der Waals surface area contributed by atoms with Gasteiger partial charge in [-0.1, -0.05) is 0 Å². The van der Waals surface area contributed by atoms with Crippen molar-refractivity contribution in [3.63, 3.8) is 0 Å². The van der Waals surface area contributed by atoms with Gasteiger partial charge < -0.3 is 20.1 Å². The first-order valence-corrected chi connectivity index (χ1v) is 10.2. The van der Waals surface area contributed by atoms with Gasteiger partial charge in [0, 0.05) is 32.4 Å². The third-order valence-corrected chi connectivity index (χ3v) is 5.63. The summed E-state index contributed by atoms with van der Waals surface area (Å²) in [6, 6.07) is -0.143. The van der Waals surface area contributed by atoms with Gasteiger partial charge in [0.2, 0.25) is 5.91 Å². The molecule has 8 heteroatoms. The molecule has 18 heavy (non-hydrogen) atoms. The van der Waals surface area contributed by atoms with Crippen LogP contribution < -0.4 is 10.6 Å². The van der Waals surface area contributed by atoms with Crippen LogP contribution in [-0.2, 0) is 14.3 Å². The lowest BCUT2D eigenvalue weighted by molar-refractivity contribution is -0.126. The molecule has 0 aliphatic carbocycles. The zero-order chi connectivity index (χ0) is 14.0. The molecule has 0 saturated heterocycles. The smallest absolute Gasteiger partial charge is 0.238 e. The highest BCUT2D eigenvalue weighted by Gasteiger charge is 2.19. The zero-order valence-electron chi connectivity index (χ0n) is 11.4. The van der Waals surface area contributed by atoms with Gasteiger partial charge in [0.15, 0.2) is 6.29 Å². The number of nitrogens with one attached hydrogen (secondary N) is 2. The lowest BCUT2D eigenvalue weighted by Gasteiger charge is -2.22. The highest BCUT2D eigenvalue weighted by atomic mass is 32.9. The van der Waals surface area contributed by atoms with Crippen LogP contribution in [-0.4, -0.2) is 51.3 Å². The SMILES string of the molecule is CNC(CSPP)C(=O)NC(C)CC(OC)OC. The number of hydrogen-bond acceptors (Lipinski definition) is 5. The van der Waals surface area contributed by atoms with Crippen LogP contribution in [0.25, 0.3) is 0 Å². The van der Waals surface area contributed by atoms with E-state index in [1.54, 1.807) is 32.6 Å². The lowest BCUT2D eigenvalue weighted by Crippen LogP contribution is -2.48. The number of rotatable bonds is 10. The molecular formula is C10H24N2O3P2S. The van der Waals surface area contributed by atoms with Crippen LogP contribution in [0.5, 0.6) is 0 Å². The number of carbonyl (C=O) groups excluding carboxylic acids is 1. The summed E-state index contributed by atoms with van der Waals surface area (Å²) in [7, 11) is 8.36. The minimum Gasteiger partial charge on any atom is -0.356 e. The number of methoxy groups -OCH3 is 2. The molecule has 0 radical (unpaired) electrons. The largest absolute Gasteiger partial charge is 0.356 e. The van der Waals surface area contributed by atoms with E-state index in [2.05, 4.69) is 19.6 Å². The van der Waals surface area contributed by atoms with E-state index in [9.17, 15) is 4.79 Å². The van der Waals surface area contributed by atoms with Crippen molar-refractivity contribution in [1.82, 2.24) is 10.6 Å². The lowest BCUT2D eigenvalue weighted by atomic mass is 10.2. The molecule has 0 aliphatic rings. The summed E-state index contributed by atoms with van der Waals surface area (Å²) < 4.78 is 10.2. The second-order valence-electron chi connectivity index (χ2n) is 3.82. The third kappa shape index (κ3) is 7.88. The van der Waals surface area contributed by atoms with Gasteiger partial charge >= 0.3 is 0 Å². The Labute approximate surface area is 118 Å². The summed E-state index contributed by atoms with van der Waals surface area (Å²) in [4.78, 5) is 12.0. The summed E-state index contributed by atoms with van der Waals surface area (Å²) in [5.74, 6) is 0.793. The minimum atomic E-state index is -0.281. The van der Waals surface area contributed by atoms with E-state index in [-0.39, 0.29) is 24.3 Å². The van der Waals surface area contributed by atoms with Crippen molar-refractivity contribution in [1.29, 1.82) is 0 Å². The Kier molecular flexibility index (Phi) is 11.7. The summed E-state index contributed by atoms with van der Waals surface area (Å²) in [6.45, 7) is 1.94. The molecule has 0 aromatic heterocycles. The molecule has 0 spiro atoms. The van der Waals surface area contributed by atoms with Crippen molar-refractivity contribution in [3.05, 3.63) is 0 Å². The number of hydrogen-bond donors (Lipinski definition) is 2. The first kappa shape index (κ1) is 18.6. The van der Waals surface area contributed by atoms with E-state index < -0.39 is 0 Å². The molecule has 0 aromatic carbocycles. The number of likely N-dealkylation sites (N-methyl/N-ethyl adjacent to an activating group) is 1. The predicted molar refractivity (Wildman–Crippen MR) is 83.4 cm³/mol. The van der Waals surface area contributed by atoms with Crippen molar-refractivity contribution in [2.75, 3.05) is 27.0 Å². The van der Waals surface area contributed by atoms with E-state index in [1.807, 2.05) is 6.92 Å². The second-order valence-corrected chi connectivity index (χ2v) is 8.37. The van der Waals surface area contributed by atoms with Crippen molar-refractivity contribution < 1.29 is 14.3 Å². The Balaban J connectivity index is 4.10. The van der Waals surface area contributed by atoms with Crippen molar-refractivity contribution in [3.8, 4) is 0 Å². The van der Waals surface area contributed by atoms with E-state index in [1.165, 1.54) is 0 Å². The Hall–Kier alpha value is 0.560. The van der Waals surface area contributed by atoms with E-state index in [0.717, 1.165) is 5.75 Å². The summed E-state index contributed by atoms with van der Waals surface area (Å²) in [5, 5.41) is 5.98. The van der Waals surface area contributed by atoms with Crippen LogP contribution in [0.3, 0.4) is 0 Å². The third-order valence-electron chi connectivity index (χ3n) is 2.46. The average molecular weight is 314 g/mol. The summed E-state index contributed by atoms with van der Waals surface area (Å²) in [5.41, 5.74) is 0. The maximum absolute atomic E-state index is 12.0. The maximum atomic E-state index is 12.0. The molecule has 0 rings (SSSR count). The average Bonchev–Trinajstić information content (AvgIpc) is 2.36. The molecule has 0 heterocycles. The monoisotopic (exact) mass is 314 g/mol. The van der Waals surface area contributed by atoms with Crippen molar-refractivity contribution >= 4 is 33.7 Å². The molecular weight excluding hydrogens is 290 g/mol. The van der Waals surface area contributed by atoms with Crippen LogP contribution in [0, 0.1) is 0 Å². The van der Waals surface area contributed by atoms with Gasteiger partial charge in [0.1, 0.15) is 0 Å². The van der Waals surface area contributed by atoms with Crippen molar-refractivity contribution in [2.45, 2.75) is 31.7 Å². The topological polar surface area (TPSA) is 59.6 Å². The van der Waals surface area contributed by atoms with Crippen LogP contribution in [0.4, 0.5) is 0 Å². The van der Waals surface area contributed by atoms with Gasteiger partial charge in [-0.25, -0.2) is 0 Å². The van der Waals surface area contributed by atoms with Crippen LogP contribution in [0.15, 0.2) is 0 Å². The predicted octanol–water partition coefficient (Wildman–Crippen LogP) is 1.20. The minimum absolute atomic E-state index is 0.0155. The van der Waals surface area contributed by atoms with Crippen LogP contribution in [0.1, 0.15) is 13.3 Å². The molecule has 0 aliphatic heterocycles. The van der Waals surface area contributed by atoms with E-state index in [0.29, 0.717) is 13.9 Å². The summed E-state index contributed by atoms with van der Waals surface area (Å²) >= 11 is 1.74. The number of carbonyl (C=O) groups is 1. The molecule has 108 valence electrons. The molecule has 2 N–H and O–H groups in total. The Bertz CT molecular complexity index is 233. The van der Waals surface area contributed by atoms with Gasteiger partial charge in [0.05, 0.1) is 6.04 Å². The highest BCUT2D eigenvalue weighted by Crippen LogP contribution is 2.36. The quantitative estimate of drug-likeness (QED) is 0.469.